The van der Waals surface area contributed by atoms with Crippen molar-refractivity contribution in [3.8, 4) is 5.75 Å². The third kappa shape index (κ3) is 3.41. The number of nitrogens with zero attached hydrogens (tertiary/aromatic N) is 1. The summed E-state index contributed by atoms with van der Waals surface area (Å²) in [6.07, 6.45) is -4.10. The van der Waals surface area contributed by atoms with Crippen molar-refractivity contribution >= 4 is 11.6 Å². The van der Waals surface area contributed by atoms with E-state index in [0.29, 0.717) is 25.2 Å². The number of carbonyl (C=O) groups excluding carboxylic acids is 1. The molecular formula is C13H15F3N2O2. The van der Waals surface area contributed by atoms with Crippen molar-refractivity contribution in [2.75, 3.05) is 18.0 Å². The van der Waals surface area contributed by atoms with Gasteiger partial charge in [0.15, 0.2) is 0 Å². The lowest BCUT2D eigenvalue weighted by atomic mass is 10.2. The maximum Gasteiger partial charge on any atom is 0.573 e. The Kier molecular flexibility index (Phi) is 4.17. The highest BCUT2D eigenvalue weighted by molar-refractivity contribution is 5.99. The molecule has 1 heterocycles. The lowest BCUT2D eigenvalue weighted by Gasteiger charge is -2.18. The number of benzene rings is 1. The highest BCUT2D eigenvalue weighted by atomic mass is 19.4. The molecule has 20 heavy (non-hydrogen) atoms. The first-order valence-corrected chi connectivity index (χ1v) is 6.31. The van der Waals surface area contributed by atoms with Gasteiger partial charge in [0.1, 0.15) is 5.75 Å². The minimum Gasteiger partial charge on any atom is -0.406 e. The fourth-order valence-corrected chi connectivity index (χ4v) is 2.22. The first-order chi connectivity index (χ1) is 9.40. The van der Waals surface area contributed by atoms with Crippen LogP contribution in [0.4, 0.5) is 18.9 Å². The van der Waals surface area contributed by atoms with E-state index in [1.54, 1.807) is 6.07 Å². The molecule has 0 saturated carbocycles. The third-order valence-corrected chi connectivity index (χ3v) is 3.02. The number of anilines is 1. The predicted molar refractivity (Wildman–Crippen MR) is 67.6 cm³/mol. The Hall–Kier alpha value is -1.76. The van der Waals surface area contributed by atoms with Crippen LogP contribution in [0.25, 0.3) is 0 Å². The average Bonchev–Trinajstić information content (AvgIpc) is 2.70. The maximum absolute atomic E-state index is 12.2. The molecule has 1 N–H and O–H groups in total. The van der Waals surface area contributed by atoms with Gasteiger partial charge in [0.25, 0.3) is 0 Å². The zero-order chi connectivity index (χ0) is 14.8. The minimum atomic E-state index is -4.74. The molecule has 0 bridgehead atoms. The van der Waals surface area contributed by atoms with Gasteiger partial charge in [-0.2, -0.15) is 0 Å². The molecule has 0 radical (unpaired) electrons. The van der Waals surface area contributed by atoms with Gasteiger partial charge in [-0.05, 0) is 25.1 Å². The van der Waals surface area contributed by atoms with Gasteiger partial charge in [0.2, 0.25) is 5.91 Å². The number of nitrogens with one attached hydrogen (secondary N) is 1. The zero-order valence-corrected chi connectivity index (χ0v) is 10.9. The number of likely N-dealkylation sites (N-methyl/N-ethyl adjacent to an activating group) is 1. The van der Waals surface area contributed by atoms with Crippen molar-refractivity contribution in [2.45, 2.75) is 25.7 Å². The Morgan fingerprint density at radius 1 is 1.45 bits per heavy atom. The van der Waals surface area contributed by atoms with Crippen LogP contribution in [0.5, 0.6) is 5.75 Å². The van der Waals surface area contributed by atoms with E-state index in [1.165, 1.54) is 23.1 Å². The van der Waals surface area contributed by atoms with Crippen molar-refractivity contribution in [1.29, 1.82) is 0 Å². The smallest absolute Gasteiger partial charge is 0.406 e. The second-order valence-corrected chi connectivity index (χ2v) is 4.43. The lowest BCUT2D eigenvalue weighted by Crippen LogP contribution is -2.38. The van der Waals surface area contributed by atoms with Gasteiger partial charge in [-0.15, -0.1) is 13.2 Å². The molecule has 0 aromatic heterocycles. The van der Waals surface area contributed by atoms with E-state index in [-0.39, 0.29) is 17.7 Å². The molecule has 7 heteroatoms. The Balaban J connectivity index is 2.14. The van der Waals surface area contributed by atoms with Gasteiger partial charge < -0.3 is 15.0 Å². The van der Waals surface area contributed by atoms with Crippen LogP contribution in [0.15, 0.2) is 24.3 Å². The van der Waals surface area contributed by atoms with Crippen molar-refractivity contribution in [2.24, 2.45) is 0 Å². The van der Waals surface area contributed by atoms with Gasteiger partial charge in [-0.25, -0.2) is 0 Å². The van der Waals surface area contributed by atoms with Gasteiger partial charge >= 0.3 is 6.36 Å². The largest absolute Gasteiger partial charge is 0.573 e. The highest BCUT2D eigenvalue weighted by Gasteiger charge is 2.33. The molecule has 1 aliphatic heterocycles. The Bertz CT molecular complexity index is 491. The van der Waals surface area contributed by atoms with Crippen LogP contribution in [-0.4, -0.2) is 31.4 Å². The number of ether oxygens (including phenoxy) is 1. The van der Waals surface area contributed by atoms with E-state index >= 15 is 0 Å². The van der Waals surface area contributed by atoms with Crippen LogP contribution in [0, 0.1) is 0 Å². The SMILES string of the molecule is CCNC1CCN(c2cccc(OC(F)(F)F)c2)C1=O. The van der Waals surface area contributed by atoms with E-state index < -0.39 is 6.36 Å². The molecular weight excluding hydrogens is 273 g/mol. The summed E-state index contributed by atoms with van der Waals surface area (Å²) >= 11 is 0. The first kappa shape index (κ1) is 14.6. The zero-order valence-electron chi connectivity index (χ0n) is 10.9. The molecule has 1 unspecified atom stereocenters. The number of hydrogen-bond donors (Lipinski definition) is 1. The van der Waals surface area contributed by atoms with Crippen LogP contribution in [0.3, 0.4) is 0 Å². The summed E-state index contributed by atoms with van der Waals surface area (Å²) < 4.78 is 40.4. The van der Waals surface area contributed by atoms with Crippen molar-refractivity contribution in [3.05, 3.63) is 24.3 Å². The van der Waals surface area contributed by atoms with Crippen LogP contribution < -0.4 is 15.0 Å². The van der Waals surface area contributed by atoms with Gasteiger partial charge in [0.05, 0.1) is 6.04 Å². The summed E-state index contributed by atoms with van der Waals surface area (Å²) in [6, 6.07) is 5.19. The Morgan fingerprint density at radius 3 is 2.85 bits per heavy atom. The second kappa shape index (κ2) is 5.70. The molecule has 1 aromatic rings. The van der Waals surface area contributed by atoms with Crippen molar-refractivity contribution < 1.29 is 22.7 Å². The molecule has 0 spiro atoms. The number of hydrogen-bond acceptors (Lipinski definition) is 3. The summed E-state index contributed by atoms with van der Waals surface area (Å²) in [5.41, 5.74) is 0.414. The lowest BCUT2D eigenvalue weighted by molar-refractivity contribution is -0.274. The monoisotopic (exact) mass is 288 g/mol. The summed E-state index contributed by atoms with van der Waals surface area (Å²) in [4.78, 5) is 13.6. The fourth-order valence-electron chi connectivity index (χ4n) is 2.22. The fraction of sp³-hybridized carbons (Fsp3) is 0.462. The van der Waals surface area contributed by atoms with Crippen LogP contribution in [-0.2, 0) is 4.79 Å². The van der Waals surface area contributed by atoms with Crippen LogP contribution >= 0.6 is 0 Å². The van der Waals surface area contributed by atoms with Crippen LogP contribution in [0.1, 0.15) is 13.3 Å². The maximum atomic E-state index is 12.2. The number of halogens is 3. The first-order valence-electron chi connectivity index (χ1n) is 6.31. The highest BCUT2D eigenvalue weighted by Crippen LogP contribution is 2.28. The summed E-state index contributed by atoms with van der Waals surface area (Å²) in [6.45, 7) is 3.04. The quantitative estimate of drug-likeness (QED) is 0.924. The summed E-state index contributed by atoms with van der Waals surface area (Å²) in [5, 5.41) is 3.04. The van der Waals surface area contributed by atoms with Gasteiger partial charge in [-0.1, -0.05) is 13.0 Å². The summed E-state index contributed by atoms with van der Waals surface area (Å²) in [5.74, 6) is -0.453. The number of carbonyl (C=O) groups is 1. The molecule has 1 aliphatic rings. The number of rotatable bonds is 4. The predicted octanol–water partition coefficient (Wildman–Crippen LogP) is 2.30. The Morgan fingerprint density at radius 2 is 2.20 bits per heavy atom. The standard InChI is InChI=1S/C13H15F3N2O2/c1-2-17-11-6-7-18(12(11)19)9-4-3-5-10(8-9)20-13(14,15)16/h3-5,8,11,17H,2,6-7H2,1H3. The molecule has 1 amide bonds. The third-order valence-electron chi connectivity index (χ3n) is 3.02. The van der Waals surface area contributed by atoms with E-state index in [9.17, 15) is 18.0 Å². The average molecular weight is 288 g/mol. The van der Waals surface area contributed by atoms with E-state index in [2.05, 4.69) is 10.1 Å². The number of amides is 1. The van der Waals surface area contributed by atoms with E-state index in [4.69, 9.17) is 0 Å². The van der Waals surface area contributed by atoms with Gasteiger partial charge in [0, 0.05) is 18.3 Å². The molecule has 110 valence electrons. The molecule has 1 aromatic carbocycles. The van der Waals surface area contributed by atoms with Crippen LogP contribution in [0.2, 0.25) is 0 Å². The molecule has 0 aliphatic carbocycles. The van der Waals surface area contributed by atoms with E-state index in [1.807, 2.05) is 6.92 Å². The molecule has 1 fully saturated rings. The topological polar surface area (TPSA) is 41.6 Å². The molecule has 2 rings (SSSR count). The number of alkyl halides is 3. The van der Waals surface area contributed by atoms with E-state index in [0.717, 1.165) is 0 Å². The Labute approximate surface area is 114 Å². The normalized spacial score (nSPS) is 19.5. The molecule has 4 nitrogen and oxygen atoms in total. The van der Waals surface area contributed by atoms with Crippen molar-refractivity contribution in [1.82, 2.24) is 5.32 Å². The molecule has 1 atom stereocenters. The van der Waals surface area contributed by atoms with Crippen molar-refractivity contribution in [3.63, 3.8) is 0 Å². The molecule has 1 saturated heterocycles. The minimum absolute atomic E-state index is 0.129. The summed E-state index contributed by atoms with van der Waals surface area (Å²) in [7, 11) is 0. The van der Waals surface area contributed by atoms with Gasteiger partial charge in [-0.3, -0.25) is 4.79 Å². The second-order valence-electron chi connectivity index (χ2n) is 4.43.